The molecule has 0 radical (unpaired) electrons. The molecule has 0 saturated carbocycles. The number of fused-ring (bicyclic) bond motifs is 1. The lowest BCUT2D eigenvalue weighted by atomic mass is 9.99. The quantitative estimate of drug-likeness (QED) is 0.830. The van der Waals surface area contributed by atoms with Crippen molar-refractivity contribution in [3.8, 4) is 0 Å². The molecule has 3 heteroatoms. The summed E-state index contributed by atoms with van der Waals surface area (Å²) in [4.78, 5) is 2.59. The van der Waals surface area contributed by atoms with Crippen LogP contribution in [0.4, 0.5) is 0 Å². The Bertz CT molecular complexity index is 352. The summed E-state index contributed by atoms with van der Waals surface area (Å²) in [5.41, 5.74) is 1.41. The molecular formula is C14H20N2O. The van der Waals surface area contributed by atoms with E-state index in [-0.39, 0.29) is 0 Å². The Labute approximate surface area is 103 Å². The minimum absolute atomic E-state index is 0.390. The SMILES string of the molecule is c1ccc(CN2CCO[C@@H]3CNCC[C@H]32)cc1. The first-order chi connectivity index (χ1) is 8.43. The van der Waals surface area contributed by atoms with Gasteiger partial charge in [-0.25, -0.2) is 0 Å². The molecule has 92 valence electrons. The van der Waals surface area contributed by atoms with E-state index in [0.29, 0.717) is 12.1 Å². The molecule has 2 aliphatic heterocycles. The van der Waals surface area contributed by atoms with Crippen LogP contribution < -0.4 is 5.32 Å². The van der Waals surface area contributed by atoms with Crippen LogP contribution in [0.25, 0.3) is 0 Å². The van der Waals surface area contributed by atoms with E-state index in [2.05, 4.69) is 40.5 Å². The summed E-state index contributed by atoms with van der Waals surface area (Å²) in [5, 5.41) is 3.42. The van der Waals surface area contributed by atoms with Gasteiger partial charge in [0.2, 0.25) is 0 Å². The van der Waals surface area contributed by atoms with E-state index < -0.39 is 0 Å². The standard InChI is InChI=1S/C14H20N2O/c1-2-4-12(5-3-1)11-16-8-9-17-14-10-15-7-6-13(14)16/h1-5,13-15H,6-11H2/t13-,14-/m1/s1. The second-order valence-electron chi connectivity index (χ2n) is 4.93. The summed E-state index contributed by atoms with van der Waals surface area (Å²) < 4.78 is 5.85. The second-order valence-corrected chi connectivity index (χ2v) is 4.93. The average molecular weight is 232 g/mol. The summed E-state index contributed by atoms with van der Waals surface area (Å²) in [5.74, 6) is 0. The summed E-state index contributed by atoms with van der Waals surface area (Å²) in [6, 6.07) is 11.4. The number of hydrogen-bond acceptors (Lipinski definition) is 3. The molecule has 17 heavy (non-hydrogen) atoms. The van der Waals surface area contributed by atoms with E-state index in [4.69, 9.17) is 4.74 Å². The van der Waals surface area contributed by atoms with Gasteiger partial charge in [-0.1, -0.05) is 30.3 Å². The normalized spacial score (nSPS) is 29.9. The predicted molar refractivity (Wildman–Crippen MR) is 67.9 cm³/mol. The topological polar surface area (TPSA) is 24.5 Å². The number of hydrogen-bond donors (Lipinski definition) is 1. The van der Waals surface area contributed by atoms with Crippen molar-refractivity contribution in [3.63, 3.8) is 0 Å². The summed E-state index contributed by atoms with van der Waals surface area (Å²) in [6.07, 6.45) is 1.60. The van der Waals surface area contributed by atoms with Crippen molar-refractivity contribution < 1.29 is 4.74 Å². The second kappa shape index (κ2) is 5.17. The molecule has 3 rings (SSSR count). The van der Waals surface area contributed by atoms with Gasteiger partial charge in [0.05, 0.1) is 12.7 Å². The highest BCUT2D eigenvalue weighted by Crippen LogP contribution is 2.21. The molecule has 2 saturated heterocycles. The zero-order chi connectivity index (χ0) is 11.5. The number of ether oxygens (including phenoxy) is 1. The van der Waals surface area contributed by atoms with E-state index >= 15 is 0 Å². The fourth-order valence-electron chi connectivity index (χ4n) is 2.91. The van der Waals surface area contributed by atoms with Crippen LogP contribution in [0.5, 0.6) is 0 Å². The smallest absolute Gasteiger partial charge is 0.0855 e. The van der Waals surface area contributed by atoms with E-state index in [9.17, 15) is 0 Å². The molecule has 1 aromatic carbocycles. The van der Waals surface area contributed by atoms with Crippen LogP contribution in [0.3, 0.4) is 0 Å². The molecule has 0 aliphatic carbocycles. The van der Waals surface area contributed by atoms with Gasteiger partial charge in [0.15, 0.2) is 0 Å². The Morgan fingerprint density at radius 3 is 3.06 bits per heavy atom. The molecule has 0 unspecified atom stereocenters. The van der Waals surface area contributed by atoms with E-state index in [1.54, 1.807) is 0 Å². The molecule has 0 amide bonds. The molecule has 3 nitrogen and oxygen atoms in total. The molecule has 2 fully saturated rings. The van der Waals surface area contributed by atoms with Gasteiger partial charge in [0.25, 0.3) is 0 Å². The maximum absolute atomic E-state index is 5.85. The highest BCUT2D eigenvalue weighted by atomic mass is 16.5. The fourth-order valence-corrected chi connectivity index (χ4v) is 2.91. The zero-order valence-corrected chi connectivity index (χ0v) is 10.1. The van der Waals surface area contributed by atoms with Gasteiger partial charge in [0.1, 0.15) is 0 Å². The van der Waals surface area contributed by atoms with E-state index in [0.717, 1.165) is 32.8 Å². The third-order valence-corrected chi connectivity index (χ3v) is 3.80. The van der Waals surface area contributed by atoms with Crippen LogP contribution in [0.2, 0.25) is 0 Å². The summed E-state index contributed by atoms with van der Waals surface area (Å²) in [6.45, 7) is 5.13. The van der Waals surface area contributed by atoms with Gasteiger partial charge in [-0.3, -0.25) is 4.90 Å². The zero-order valence-electron chi connectivity index (χ0n) is 10.1. The minimum atomic E-state index is 0.390. The number of benzene rings is 1. The van der Waals surface area contributed by atoms with Crippen LogP contribution in [-0.2, 0) is 11.3 Å². The molecule has 2 aliphatic rings. The molecule has 0 bridgehead atoms. The Kier molecular flexibility index (Phi) is 3.41. The van der Waals surface area contributed by atoms with Crippen molar-refractivity contribution in [2.24, 2.45) is 0 Å². The highest BCUT2D eigenvalue weighted by molar-refractivity contribution is 5.15. The van der Waals surface area contributed by atoms with Crippen molar-refractivity contribution in [1.29, 1.82) is 0 Å². The maximum atomic E-state index is 5.85. The maximum Gasteiger partial charge on any atom is 0.0855 e. The molecular weight excluding hydrogens is 212 g/mol. The summed E-state index contributed by atoms with van der Waals surface area (Å²) in [7, 11) is 0. The molecule has 0 aromatic heterocycles. The third kappa shape index (κ3) is 2.51. The first-order valence-corrected chi connectivity index (χ1v) is 6.54. The molecule has 2 atom stereocenters. The lowest BCUT2D eigenvalue weighted by Crippen LogP contribution is -2.57. The van der Waals surface area contributed by atoms with Crippen molar-refractivity contribution in [2.75, 3.05) is 26.2 Å². The van der Waals surface area contributed by atoms with Gasteiger partial charge in [-0.15, -0.1) is 0 Å². The van der Waals surface area contributed by atoms with Crippen LogP contribution >= 0.6 is 0 Å². The van der Waals surface area contributed by atoms with Gasteiger partial charge in [-0.2, -0.15) is 0 Å². The Morgan fingerprint density at radius 1 is 1.29 bits per heavy atom. The third-order valence-electron chi connectivity index (χ3n) is 3.80. The van der Waals surface area contributed by atoms with Crippen molar-refractivity contribution in [2.45, 2.75) is 25.1 Å². The number of rotatable bonds is 2. The monoisotopic (exact) mass is 232 g/mol. The van der Waals surface area contributed by atoms with Crippen LogP contribution in [0.1, 0.15) is 12.0 Å². The lowest BCUT2D eigenvalue weighted by Gasteiger charge is -2.44. The number of nitrogens with zero attached hydrogens (tertiary/aromatic N) is 1. The lowest BCUT2D eigenvalue weighted by molar-refractivity contribution is -0.0842. The van der Waals surface area contributed by atoms with E-state index in [1.807, 2.05) is 0 Å². The van der Waals surface area contributed by atoms with Crippen molar-refractivity contribution in [3.05, 3.63) is 35.9 Å². The Balaban J connectivity index is 1.69. The fraction of sp³-hybridized carbons (Fsp3) is 0.571. The molecule has 1 N–H and O–H groups in total. The largest absolute Gasteiger partial charge is 0.374 e. The van der Waals surface area contributed by atoms with Gasteiger partial charge < -0.3 is 10.1 Å². The first-order valence-electron chi connectivity index (χ1n) is 6.54. The number of piperidine rings is 1. The Hall–Kier alpha value is -0.900. The van der Waals surface area contributed by atoms with Crippen LogP contribution in [0.15, 0.2) is 30.3 Å². The minimum Gasteiger partial charge on any atom is -0.374 e. The number of morpholine rings is 1. The molecule has 0 spiro atoms. The summed E-state index contributed by atoms with van der Waals surface area (Å²) >= 11 is 0. The highest BCUT2D eigenvalue weighted by Gasteiger charge is 2.33. The van der Waals surface area contributed by atoms with Gasteiger partial charge in [-0.05, 0) is 18.5 Å². The number of nitrogens with one attached hydrogen (secondary N) is 1. The van der Waals surface area contributed by atoms with Gasteiger partial charge in [0, 0.05) is 25.7 Å². The van der Waals surface area contributed by atoms with Crippen molar-refractivity contribution >= 4 is 0 Å². The first kappa shape index (κ1) is 11.2. The molecule has 1 aromatic rings. The average Bonchev–Trinajstić information content (AvgIpc) is 2.40. The van der Waals surface area contributed by atoms with Crippen molar-refractivity contribution in [1.82, 2.24) is 10.2 Å². The van der Waals surface area contributed by atoms with Crippen LogP contribution in [-0.4, -0.2) is 43.3 Å². The van der Waals surface area contributed by atoms with Gasteiger partial charge >= 0.3 is 0 Å². The predicted octanol–water partition coefficient (Wildman–Crippen LogP) is 1.25. The van der Waals surface area contributed by atoms with E-state index in [1.165, 1.54) is 12.0 Å². The van der Waals surface area contributed by atoms with Crippen LogP contribution in [0, 0.1) is 0 Å². The Morgan fingerprint density at radius 2 is 2.18 bits per heavy atom. The molecule has 2 heterocycles.